The third-order valence-electron chi connectivity index (χ3n) is 3.93. The molecular formula is C17H13Cl2F3N2O2S. The van der Waals surface area contributed by atoms with Crippen molar-refractivity contribution in [2.45, 2.75) is 17.5 Å². The van der Waals surface area contributed by atoms with Gasteiger partial charge in [0.15, 0.2) is 0 Å². The highest BCUT2D eigenvalue weighted by Crippen LogP contribution is 2.31. The first-order valence-electron chi connectivity index (χ1n) is 7.71. The second-order valence-corrected chi connectivity index (χ2v) is 8.42. The van der Waals surface area contributed by atoms with Crippen LogP contribution in [-0.4, -0.2) is 19.4 Å². The standard InChI is InChI=1S/C17H13Cl2F3N2O2S/c18-14-8-3-11(10-15(14)19)16-2-1-9-24(23-16)27(25,26)13-6-4-12(5-7-13)17(20,21)22/h2-8,10,23H,1,9H2. The Balaban J connectivity index is 1.85. The van der Waals surface area contributed by atoms with E-state index in [1.54, 1.807) is 24.3 Å². The van der Waals surface area contributed by atoms with Crippen LogP contribution in [0.5, 0.6) is 0 Å². The molecular weight excluding hydrogens is 424 g/mol. The second kappa shape index (κ2) is 7.35. The Kier molecular flexibility index (Phi) is 5.45. The van der Waals surface area contributed by atoms with Gasteiger partial charge in [-0.05, 0) is 42.8 Å². The zero-order valence-electron chi connectivity index (χ0n) is 13.6. The fraction of sp³-hybridized carbons (Fsp3) is 0.176. The lowest BCUT2D eigenvalue weighted by molar-refractivity contribution is -0.137. The van der Waals surface area contributed by atoms with E-state index in [1.807, 2.05) is 0 Å². The van der Waals surface area contributed by atoms with Crippen molar-refractivity contribution in [3.63, 3.8) is 0 Å². The number of nitrogens with one attached hydrogen (secondary N) is 1. The number of benzene rings is 2. The third-order valence-corrected chi connectivity index (χ3v) is 6.39. The van der Waals surface area contributed by atoms with Crippen LogP contribution >= 0.6 is 23.2 Å². The van der Waals surface area contributed by atoms with Crippen LogP contribution in [0.4, 0.5) is 13.2 Å². The number of hydrogen-bond donors (Lipinski definition) is 1. The molecule has 1 heterocycles. The maximum atomic E-state index is 12.8. The number of halogens is 5. The van der Waals surface area contributed by atoms with Crippen LogP contribution in [0.15, 0.2) is 53.4 Å². The maximum absolute atomic E-state index is 12.8. The molecule has 1 N–H and O–H groups in total. The van der Waals surface area contributed by atoms with E-state index in [1.165, 1.54) is 0 Å². The minimum atomic E-state index is -4.53. The van der Waals surface area contributed by atoms with Crippen molar-refractivity contribution in [1.29, 1.82) is 0 Å². The summed E-state index contributed by atoms with van der Waals surface area (Å²) in [5.74, 6) is 0. The van der Waals surface area contributed by atoms with Gasteiger partial charge in [-0.25, -0.2) is 8.42 Å². The summed E-state index contributed by atoms with van der Waals surface area (Å²) in [5.41, 5.74) is 3.02. The van der Waals surface area contributed by atoms with Gasteiger partial charge in [-0.3, -0.25) is 0 Å². The first kappa shape index (κ1) is 20.0. The monoisotopic (exact) mass is 436 g/mol. The normalized spacial score (nSPS) is 16.0. The van der Waals surface area contributed by atoms with Crippen molar-refractivity contribution in [3.8, 4) is 0 Å². The quantitative estimate of drug-likeness (QED) is 0.739. The zero-order valence-corrected chi connectivity index (χ0v) is 15.9. The van der Waals surface area contributed by atoms with Gasteiger partial charge in [0.1, 0.15) is 0 Å². The fourth-order valence-electron chi connectivity index (χ4n) is 2.53. The summed E-state index contributed by atoms with van der Waals surface area (Å²) in [4.78, 5) is -0.238. The summed E-state index contributed by atoms with van der Waals surface area (Å²) < 4.78 is 64.5. The van der Waals surface area contributed by atoms with E-state index in [4.69, 9.17) is 23.2 Å². The highest BCUT2D eigenvalue weighted by molar-refractivity contribution is 7.89. The minimum absolute atomic E-state index is 0.133. The van der Waals surface area contributed by atoms with Crippen molar-refractivity contribution in [2.24, 2.45) is 0 Å². The van der Waals surface area contributed by atoms with Gasteiger partial charge in [-0.2, -0.15) is 13.2 Å². The Morgan fingerprint density at radius 1 is 1.00 bits per heavy atom. The van der Waals surface area contributed by atoms with Gasteiger partial charge in [-0.15, -0.1) is 4.41 Å². The molecule has 0 saturated heterocycles. The summed E-state index contributed by atoms with van der Waals surface area (Å²) in [6.07, 6.45) is -2.31. The molecule has 0 atom stereocenters. The Morgan fingerprint density at radius 3 is 2.26 bits per heavy atom. The molecule has 3 rings (SSSR count). The van der Waals surface area contributed by atoms with E-state index in [0.717, 1.165) is 28.7 Å². The van der Waals surface area contributed by atoms with E-state index in [-0.39, 0.29) is 11.4 Å². The lowest BCUT2D eigenvalue weighted by atomic mass is 10.1. The van der Waals surface area contributed by atoms with Crippen LogP contribution in [-0.2, 0) is 16.2 Å². The van der Waals surface area contributed by atoms with Crippen LogP contribution < -0.4 is 5.43 Å². The summed E-state index contributed by atoms with van der Waals surface area (Å²) in [7, 11) is -4.03. The van der Waals surface area contributed by atoms with Crippen molar-refractivity contribution in [3.05, 3.63) is 69.7 Å². The van der Waals surface area contributed by atoms with Gasteiger partial charge in [0.25, 0.3) is 10.0 Å². The molecule has 0 amide bonds. The van der Waals surface area contributed by atoms with Gasteiger partial charge < -0.3 is 5.43 Å². The number of hydrazine groups is 1. The summed E-state index contributed by atoms with van der Waals surface area (Å²) in [5, 5.41) is 0.686. The van der Waals surface area contributed by atoms with Gasteiger partial charge in [0.05, 0.1) is 26.2 Å². The Hall–Kier alpha value is -1.74. The summed E-state index contributed by atoms with van der Waals surface area (Å²) >= 11 is 11.9. The van der Waals surface area contributed by atoms with E-state index in [9.17, 15) is 21.6 Å². The van der Waals surface area contributed by atoms with Crippen molar-refractivity contribution < 1.29 is 21.6 Å². The number of nitrogens with zero attached hydrogens (tertiary/aromatic N) is 1. The highest BCUT2D eigenvalue weighted by Gasteiger charge is 2.32. The van der Waals surface area contributed by atoms with Crippen LogP contribution in [0.3, 0.4) is 0 Å². The van der Waals surface area contributed by atoms with Crippen molar-refractivity contribution >= 4 is 38.9 Å². The molecule has 1 aliphatic heterocycles. The van der Waals surface area contributed by atoms with E-state index in [0.29, 0.717) is 27.7 Å². The first-order valence-corrected chi connectivity index (χ1v) is 9.91. The molecule has 4 nitrogen and oxygen atoms in total. The molecule has 10 heteroatoms. The predicted molar refractivity (Wildman–Crippen MR) is 97.5 cm³/mol. The number of alkyl halides is 3. The molecule has 144 valence electrons. The Bertz CT molecular complexity index is 990. The molecule has 2 aromatic rings. The van der Waals surface area contributed by atoms with E-state index < -0.39 is 21.8 Å². The topological polar surface area (TPSA) is 49.4 Å². The van der Waals surface area contributed by atoms with Crippen LogP contribution in [0.25, 0.3) is 5.70 Å². The number of rotatable bonds is 3. The predicted octanol–water partition coefficient (Wildman–Crippen LogP) is 4.95. The smallest absolute Gasteiger partial charge is 0.305 e. The van der Waals surface area contributed by atoms with E-state index in [2.05, 4.69) is 5.43 Å². The van der Waals surface area contributed by atoms with Gasteiger partial charge in [0, 0.05) is 12.1 Å². The molecule has 1 aliphatic rings. The molecule has 0 fully saturated rings. The summed E-state index contributed by atoms with van der Waals surface area (Å²) in [6.45, 7) is 0.133. The SMILES string of the molecule is O=S(=O)(c1ccc(C(F)(F)F)cc1)N1CCC=C(c2ccc(Cl)c(Cl)c2)N1. The van der Waals surface area contributed by atoms with Crippen molar-refractivity contribution in [1.82, 2.24) is 9.84 Å². The van der Waals surface area contributed by atoms with Gasteiger partial charge in [0.2, 0.25) is 0 Å². The molecule has 0 aromatic heterocycles. The second-order valence-electron chi connectivity index (χ2n) is 5.75. The lowest BCUT2D eigenvalue weighted by Gasteiger charge is -2.28. The molecule has 0 bridgehead atoms. The molecule has 0 saturated carbocycles. The molecule has 0 aliphatic carbocycles. The van der Waals surface area contributed by atoms with Crippen LogP contribution in [0, 0.1) is 0 Å². The molecule has 2 aromatic carbocycles. The average Bonchev–Trinajstić information content (AvgIpc) is 2.63. The zero-order chi connectivity index (χ0) is 19.8. The molecule has 0 radical (unpaired) electrons. The average molecular weight is 437 g/mol. The van der Waals surface area contributed by atoms with Crippen LogP contribution in [0.1, 0.15) is 17.5 Å². The maximum Gasteiger partial charge on any atom is 0.416 e. The van der Waals surface area contributed by atoms with Crippen molar-refractivity contribution in [2.75, 3.05) is 6.54 Å². The van der Waals surface area contributed by atoms with Gasteiger partial charge >= 0.3 is 6.18 Å². The Labute approximate surface area is 164 Å². The lowest BCUT2D eigenvalue weighted by Crippen LogP contribution is -2.44. The minimum Gasteiger partial charge on any atom is -0.305 e. The van der Waals surface area contributed by atoms with E-state index >= 15 is 0 Å². The molecule has 0 unspecified atom stereocenters. The van der Waals surface area contributed by atoms with Gasteiger partial charge in [-0.1, -0.05) is 35.3 Å². The fourth-order valence-corrected chi connectivity index (χ4v) is 4.13. The largest absolute Gasteiger partial charge is 0.416 e. The molecule has 27 heavy (non-hydrogen) atoms. The summed E-state index contributed by atoms with van der Waals surface area (Å²) in [6, 6.07) is 8.23. The number of hydrogen-bond acceptors (Lipinski definition) is 3. The highest BCUT2D eigenvalue weighted by atomic mass is 35.5. The third kappa shape index (κ3) is 4.24. The van der Waals surface area contributed by atoms with Crippen LogP contribution in [0.2, 0.25) is 10.0 Å². The number of sulfonamides is 1. The Morgan fingerprint density at radius 2 is 1.67 bits per heavy atom. The molecule has 0 spiro atoms. The first-order chi connectivity index (χ1) is 12.6.